The number of aliphatic carboxylic acids is 1. The number of nitrogens with zero attached hydrogens (tertiary/aromatic N) is 2. The van der Waals surface area contributed by atoms with Crippen molar-refractivity contribution >= 4 is 16.0 Å². The fourth-order valence-corrected chi connectivity index (χ4v) is 3.80. The second-order valence-corrected chi connectivity index (χ2v) is 6.14. The van der Waals surface area contributed by atoms with E-state index in [2.05, 4.69) is 10.2 Å². The Bertz CT molecular complexity index is 511. The molecule has 8 heteroatoms. The van der Waals surface area contributed by atoms with Crippen LogP contribution in [0.15, 0.2) is 17.3 Å². The largest absolute Gasteiger partial charge is 0.481 e. The zero-order valence-electron chi connectivity index (χ0n) is 9.74. The van der Waals surface area contributed by atoms with Crippen molar-refractivity contribution in [3.05, 3.63) is 12.3 Å². The van der Waals surface area contributed by atoms with E-state index in [9.17, 15) is 13.2 Å². The zero-order valence-corrected chi connectivity index (χ0v) is 10.6. The van der Waals surface area contributed by atoms with Crippen LogP contribution in [0.5, 0.6) is 0 Å². The molecule has 1 aromatic rings. The van der Waals surface area contributed by atoms with Crippen molar-refractivity contribution in [3.8, 4) is 0 Å². The fraction of sp³-hybridized carbons (Fsp3) is 0.600. The van der Waals surface area contributed by atoms with E-state index in [-0.39, 0.29) is 11.4 Å². The number of sulfonamides is 1. The summed E-state index contributed by atoms with van der Waals surface area (Å²) in [4.78, 5) is 10.8. The number of H-pyrrole nitrogens is 1. The third-order valence-corrected chi connectivity index (χ3v) is 4.93. The van der Waals surface area contributed by atoms with Crippen LogP contribution in [0.2, 0.25) is 0 Å². The molecule has 1 fully saturated rings. The Morgan fingerprint density at radius 1 is 1.56 bits per heavy atom. The lowest BCUT2D eigenvalue weighted by Gasteiger charge is -2.33. The van der Waals surface area contributed by atoms with Crippen LogP contribution >= 0.6 is 0 Å². The number of aromatic amines is 1. The number of carboxylic acid groups (broad SMARTS) is 1. The van der Waals surface area contributed by atoms with E-state index in [1.165, 1.54) is 16.6 Å². The van der Waals surface area contributed by atoms with Crippen LogP contribution in [0.3, 0.4) is 0 Å². The highest BCUT2D eigenvalue weighted by atomic mass is 32.2. The van der Waals surface area contributed by atoms with Gasteiger partial charge >= 0.3 is 5.97 Å². The van der Waals surface area contributed by atoms with Gasteiger partial charge in [0, 0.05) is 12.6 Å². The molecule has 0 spiro atoms. The van der Waals surface area contributed by atoms with Gasteiger partial charge in [-0.3, -0.25) is 9.89 Å². The van der Waals surface area contributed by atoms with Gasteiger partial charge in [0.15, 0.2) is 5.03 Å². The third-order valence-electron chi connectivity index (χ3n) is 3.05. The van der Waals surface area contributed by atoms with E-state index in [0.717, 1.165) is 12.8 Å². The molecule has 100 valence electrons. The first kappa shape index (κ1) is 13.0. The minimum atomic E-state index is -3.66. The van der Waals surface area contributed by atoms with E-state index in [0.29, 0.717) is 13.0 Å². The second-order valence-electron chi connectivity index (χ2n) is 4.28. The Labute approximate surface area is 105 Å². The van der Waals surface area contributed by atoms with Crippen LogP contribution in [-0.2, 0) is 14.8 Å². The van der Waals surface area contributed by atoms with Gasteiger partial charge in [0.1, 0.15) is 0 Å². The number of aromatic nitrogens is 2. The van der Waals surface area contributed by atoms with Crippen molar-refractivity contribution in [2.24, 2.45) is 0 Å². The summed E-state index contributed by atoms with van der Waals surface area (Å²) < 4.78 is 25.9. The Hall–Kier alpha value is -1.41. The quantitative estimate of drug-likeness (QED) is 0.827. The van der Waals surface area contributed by atoms with Crippen molar-refractivity contribution < 1.29 is 18.3 Å². The van der Waals surface area contributed by atoms with Gasteiger partial charge in [0.25, 0.3) is 10.0 Å². The number of rotatable bonds is 4. The van der Waals surface area contributed by atoms with Crippen LogP contribution in [0, 0.1) is 0 Å². The van der Waals surface area contributed by atoms with E-state index in [1.54, 1.807) is 0 Å². The lowest BCUT2D eigenvalue weighted by molar-refractivity contribution is -0.138. The summed E-state index contributed by atoms with van der Waals surface area (Å²) in [6.07, 6.45) is 3.40. The molecule has 2 heterocycles. The first-order valence-corrected chi connectivity index (χ1v) is 7.19. The zero-order chi connectivity index (χ0) is 13.2. The van der Waals surface area contributed by atoms with Gasteiger partial charge < -0.3 is 5.11 Å². The number of carbonyl (C=O) groups is 1. The molecule has 1 aliphatic heterocycles. The molecule has 0 saturated carbocycles. The van der Waals surface area contributed by atoms with Crippen molar-refractivity contribution in [1.82, 2.24) is 14.5 Å². The van der Waals surface area contributed by atoms with Crippen molar-refractivity contribution in [1.29, 1.82) is 0 Å². The van der Waals surface area contributed by atoms with E-state index in [1.807, 2.05) is 0 Å². The Kier molecular flexibility index (Phi) is 3.67. The molecule has 1 unspecified atom stereocenters. The van der Waals surface area contributed by atoms with Gasteiger partial charge in [-0.05, 0) is 18.9 Å². The van der Waals surface area contributed by atoms with Gasteiger partial charge in [-0.1, -0.05) is 6.42 Å². The smallest absolute Gasteiger partial charge is 0.304 e. The van der Waals surface area contributed by atoms with Gasteiger partial charge in [-0.25, -0.2) is 8.42 Å². The first-order chi connectivity index (χ1) is 8.51. The maximum atomic E-state index is 12.3. The van der Waals surface area contributed by atoms with Gasteiger partial charge in [-0.2, -0.15) is 9.40 Å². The topological polar surface area (TPSA) is 103 Å². The summed E-state index contributed by atoms with van der Waals surface area (Å²) in [5.41, 5.74) is 0. The van der Waals surface area contributed by atoms with Crippen molar-refractivity contribution in [2.45, 2.75) is 36.8 Å². The molecule has 0 radical (unpaired) electrons. The molecule has 2 N–H and O–H groups in total. The predicted octanol–water partition coefficient (Wildman–Crippen LogP) is 0.428. The molecule has 2 rings (SSSR count). The standard InChI is InChI=1S/C10H15N3O4S/c14-10(15)7-8-3-1-2-6-13(8)18(16,17)9-4-5-11-12-9/h4-5,8H,1-3,6-7H2,(H,11,12)(H,14,15). The first-order valence-electron chi connectivity index (χ1n) is 5.75. The lowest BCUT2D eigenvalue weighted by Crippen LogP contribution is -2.44. The maximum Gasteiger partial charge on any atom is 0.304 e. The normalized spacial score (nSPS) is 21.9. The molecule has 0 aliphatic carbocycles. The molecular weight excluding hydrogens is 258 g/mol. The Balaban J connectivity index is 2.26. The molecule has 7 nitrogen and oxygen atoms in total. The molecule has 0 amide bonds. The molecule has 18 heavy (non-hydrogen) atoms. The lowest BCUT2D eigenvalue weighted by atomic mass is 10.0. The van der Waals surface area contributed by atoms with E-state index >= 15 is 0 Å². The summed E-state index contributed by atoms with van der Waals surface area (Å²) >= 11 is 0. The van der Waals surface area contributed by atoms with Crippen LogP contribution in [0.25, 0.3) is 0 Å². The van der Waals surface area contributed by atoms with Gasteiger partial charge in [0.05, 0.1) is 12.6 Å². The Morgan fingerprint density at radius 2 is 2.33 bits per heavy atom. The van der Waals surface area contributed by atoms with Gasteiger partial charge in [0.2, 0.25) is 0 Å². The predicted molar refractivity (Wildman–Crippen MR) is 62.4 cm³/mol. The van der Waals surface area contributed by atoms with Crippen LogP contribution in [-0.4, -0.2) is 46.6 Å². The summed E-state index contributed by atoms with van der Waals surface area (Å²) in [5, 5.41) is 14.9. The summed E-state index contributed by atoms with van der Waals surface area (Å²) in [5.74, 6) is -0.980. The van der Waals surface area contributed by atoms with E-state index < -0.39 is 22.0 Å². The number of piperidine rings is 1. The number of carboxylic acids is 1. The van der Waals surface area contributed by atoms with Crippen molar-refractivity contribution in [2.75, 3.05) is 6.54 Å². The van der Waals surface area contributed by atoms with Crippen LogP contribution in [0.1, 0.15) is 25.7 Å². The summed E-state index contributed by atoms with van der Waals surface area (Å²) in [7, 11) is -3.66. The number of nitrogens with one attached hydrogen (secondary N) is 1. The molecule has 1 aliphatic rings. The minimum absolute atomic E-state index is 0.0137. The average molecular weight is 273 g/mol. The van der Waals surface area contributed by atoms with Crippen molar-refractivity contribution in [3.63, 3.8) is 0 Å². The highest BCUT2D eigenvalue weighted by Crippen LogP contribution is 2.26. The number of hydrogen-bond donors (Lipinski definition) is 2. The summed E-state index contributed by atoms with van der Waals surface area (Å²) in [6.45, 7) is 0.360. The molecular formula is C10H15N3O4S. The molecule has 1 aromatic heterocycles. The highest BCUT2D eigenvalue weighted by molar-refractivity contribution is 7.89. The average Bonchev–Trinajstić information content (AvgIpc) is 2.82. The molecule has 1 atom stereocenters. The highest BCUT2D eigenvalue weighted by Gasteiger charge is 2.35. The van der Waals surface area contributed by atoms with Crippen LogP contribution < -0.4 is 0 Å². The molecule has 0 bridgehead atoms. The molecule has 0 aromatic carbocycles. The SMILES string of the molecule is O=C(O)CC1CCCCN1S(=O)(=O)c1ccn[nH]1. The number of hydrogen-bond acceptors (Lipinski definition) is 4. The van der Waals surface area contributed by atoms with Gasteiger partial charge in [-0.15, -0.1) is 0 Å². The monoisotopic (exact) mass is 273 g/mol. The molecule has 1 saturated heterocycles. The minimum Gasteiger partial charge on any atom is -0.481 e. The van der Waals surface area contributed by atoms with Crippen LogP contribution in [0.4, 0.5) is 0 Å². The Morgan fingerprint density at radius 3 is 2.94 bits per heavy atom. The summed E-state index contributed by atoms with van der Waals surface area (Å²) in [6, 6.07) is 0.909. The maximum absolute atomic E-state index is 12.3. The third kappa shape index (κ3) is 2.54. The van der Waals surface area contributed by atoms with E-state index in [4.69, 9.17) is 5.11 Å². The second kappa shape index (κ2) is 5.07. The fourth-order valence-electron chi connectivity index (χ4n) is 2.21.